The summed E-state index contributed by atoms with van der Waals surface area (Å²) in [5, 5.41) is 20.9. The van der Waals surface area contributed by atoms with Gasteiger partial charge in [0.25, 0.3) is 0 Å². The summed E-state index contributed by atoms with van der Waals surface area (Å²) in [6, 6.07) is 2.69. The monoisotopic (exact) mass is 373 g/mol. The van der Waals surface area contributed by atoms with Crippen molar-refractivity contribution < 1.29 is 43.9 Å². The molecule has 0 aliphatic carbocycles. The molecule has 0 saturated carbocycles. The number of hydrogen-bond acceptors (Lipinski definition) is 9. The highest BCUT2D eigenvalue weighted by Crippen LogP contribution is 2.42. The van der Waals surface area contributed by atoms with Crippen LogP contribution in [0.1, 0.15) is 18.4 Å². The van der Waals surface area contributed by atoms with Gasteiger partial charge in [-0.3, -0.25) is 19.7 Å². The van der Waals surface area contributed by atoms with E-state index < -0.39 is 34.7 Å². The molecule has 1 aromatic carbocycles. The van der Waals surface area contributed by atoms with Gasteiger partial charge in [0.05, 0.1) is 32.8 Å². The predicted octanol–water partition coefficient (Wildman–Crippen LogP) is 1.19. The first-order valence-corrected chi connectivity index (χ1v) is 7.28. The fourth-order valence-electron chi connectivity index (χ4n) is 2.52. The van der Waals surface area contributed by atoms with Gasteiger partial charge < -0.3 is 19.6 Å². The largest absolute Gasteiger partial charge is 0.481 e. The molecule has 0 saturated heterocycles. The molecule has 0 aromatic heterocycles. The molecular formula is C15H19NO10. The Morgan fingerprint density at radius 2 is 1.62 bits per heavy atom. The summed E-state index contributed by atoms with van der Waals surface area (Å²) >= 11 is 0. The molecule has 0 fully saturated rings. The molecule has 11 nitrogen and oxygen atoms in total. The molecule has 3 unspecified atom stereocenters. The summed E-state index contributed by atoms with van der Waals surface area (Å²) in [5.74, 6) is -6.32. The Hall–Kier alpha value is -2.92. The van der Waals surface area contributed by atoms with Gasteiger partial charge in [-0.2, -0.15) is 9.78 Å². The zero-order valence-electron chi connectivity index (χ0n) is 14.5. The summed E-state index contributed by atoms with van der Waals surface area (Å²) in [5.41, 5.74) is -0.0850. The van der Waals surface area contributed by atoms with Crippen LogP contribution in [0, 0.1) is 16.0 Å². The van der Waals surface area contributed by atoms with Gasteiger partial charge in [0.15, 0.2) is 17.4 Å². The molecule has 3 atom stereocenters. The van der Waals surface area contributed by atoms with Gasteiger partial charge in [0.1, 0.15) is 0 Å². The number of carboxylic acids is 1. The number of esters is 1. The zero-order valence-corrected chi connectivity index (χ0v) is 14.5. The molecule has 144 valence electrons. The smallest absolute Gasteiger partial charge is 0.320 e. The molecule has 0 spiro atoms. The van der Waals surface area contributed by atoms with E-state index in [9.17, 15) is 24.8 Å². The molecule has 0 bridgehead atoms. The predicted molar refractivity (Wildman–Crippen MR) is 84.1 cm³/mol. The number of nitrogens with zero attached hydrogens (tertiary/aromatic N) is 1. The minimum absolute atomic E-state index is 0.0732. The third-order valence-electron chi connectivity index (χ3n) is 3.64. The molecule has 0 amide bonds. The van der Waals surface area contributed by atoms with Crippen LogP contribution in [0.25, 0.3) is 0 Å². The number of carboxylic acid groups (broad SMARTS) is 1. The lowest BCUT2D eigenvalue weighted by Crippen LogP contribution is -2.39. The fraction of sp³-hybridized carbons (Fsp3) is 0.467. The van der Waals surface area contributed by atoms with Gasteiger partial charge in [-0.1, -0.05) is 6.07 Å². The van der Waals surface area contributed by atoms with Crippen LogP contribution in [0.3, 0.4) is 0 Å². The Bertz CT molecular complexity index is 638. The van der Waals surface area contributed by atoms with E-state index >= 15 is 0 Å². The van der Waals surface area contributed by atoms with Crippen molar-refractivity contribution in [1.29, 1.82) is 0 Å². The highest BCUT2D eigenvalue weighted by atomic mass is 17.2. The molecule has 0 aliphatic rings. The summed E-state index contributed by atoms with van der Waals surface area (Å²) < 4.78 is 4.52. The molecule has 0 aliphatic heterocycles. The number of rotatable bonds is 10. The third kappa shape index (κ3) is 4.58. The van der Waals surface area contributed by atoms with Crippen molar-refractivity contribution in [3.63, 3.8) is 0 Å². The van der Waals surface area contributed by atoms with Gasteiger partial charge in [-0.05, 0) is 12.1 Å². The number of ether oxygens (including phenoxy) is 1. The topological polar surface area (TPSA) is 144 Å². The van der Waals surface area contributed by atoms with Gasteiger partial charge in [0.2, 0.25) is 6.04 Å². The second-order valence-electron chi connectivity index (χ2n) is 5.06. The van der Waals surface area contributed by atoms with Gasteiger partial charge in [0, 0.05) is 11.8 Å². The standard InChI is InChI=1S/C15H19NO10/c1-8(16(20)21)11(13(14(17)18)15(19)22-2)12-9(25-23-3)6-5-7-10(12)26-24-4/h5-8,11,13H,1-4H3,(H,17,18). The fourth-order valence-corrected chi connectivity index (χ4v) is 2.52. The van der Waals surface area contributed by atoms with Crippen molar-refractivity contribution in [3.8, 4) is 11.5 Å². The molecule has 26 heavy (non-hydrogen) atoms. The lowest BCUT2D eigenvalue weighted by atomic mass is 9.80. The normalized spacial score (nSPS) is 14.0. The van der Waals surface area contributed by atoms with Crippen LogP contribution >= 0.6 is 0 Å². The Kier molecular flexibility index (Phi) is 7.75. The summed E-state index contributed by atoms with van der Waals surface area (Å²) in [6.07, 6.45) is 0. The van der Waals surface area contributed by atoms with Crippen LogP contribution in [0.4, 0.5) is 0 Å². The Labute approximate surface area is 148 Å². The van der Waals surface area contributed by atoms with Crippen molar-refractivity contribution in [2.75, 3.05) is 21.3 Å². The molecule has 1 aromatic rings. The Morgan fingerprint density at radius 1 is 1.12 bits per heavy atom. The number of methoxy groups -OCH3 is 1. The number of nitro groups is 1. The second-order valence-corrected chi connectivity index (χ2v) is 5.06. The van der Waals surface area contributed by atoms with Crippen LogP contribution < -0.4 is 9.78 Å². The first-order valence-electron chi connectivity index (χ1n) is 7.28. The molecule has 1 rings (SSSR count). The average molecular weight is 373 g/mol. The maximum absolute atomic E-state index is 12.1. The summed E-state index contributed by atoms with van der Waals surface area (Å²) in [4.78, 5) is 53.6. The second kappa shape index (κ2) is 9.53. The lowest BCUT2D eigenvalue weighted by Gasteiger charge is -2.25. The van der Waals surface area contributed by atoms with Crippen LogP contribution in [0.15, 0.2) is 18.2 Å². The van der Waals surface area contributed by atoms with E-state index in [4.69, 9.17) is 9.78 Å². The van der Waals surface area contributed by atoms with E-state index in [1.54, 1.807) is 0 Å². The minimum Gasteiger partial charge on any atom is -0.481 e. The first-order chi connectivity index (χ1) is 12.3. The van der Waals surface area contributed by atoms with E-state index in [0.717, 1.165) is 14.0 Å². The first kappa shape index (κ1) is 21.1. The van der Waals surface area contributed by atoms with E-state index in [2.05, 4.69) is 14.5 Å². The minimum atomic E-state index is -1.90. The molecule has 0 heterocycles. The zero-order chi connectivity index (χ0) is 19.9. The average Bonchev–Trinajstić information content (AvgIpc) is 2.59. The van der Waals surface area contributed by atoms with Crippen LogP contribution in [-0.4, -0.2) is 49.3 Å². The van der Waals surface area contributed by atoms with E-state index in [-0.39, 0.29) is 17.1 Å². The van der Waals surface area contributed by atoms with Gasteiger partial charge in [-0.25, -0.2) is 0 Å². The van der Waals surface area contributed by atoms with E-state index in [1.807, 2.05) is 0 Å². The van der Waals surface area contributed by atoms with Crippen molar-refractivity contribution in [3.05, 3.63) is 33.9 Å². The summed E-state index contributed by atoms with van der Waals surface area (Å²) in [6.45, 7) is 1.16. The van der Waals surface area contributed by atoms with E-state index in [1.165, 1.54) is 32.4 Å². The number of carbonyl (C=O) groups is 2. The Morgan fingerprint density at radius 3 is 1.96 bits per heavy atom. The lowest BCUT2D eigenvalue weighted by molar-refractivity contribution is -0.523. The molecule has 1 N–H and O–H groups in total. The number of benzene rings is 1. The van der Waals surface area contributed by atoms with E-state index in [0.29, 0.717) is 0 Å². The van der Waals surface area contributed by atoms with Crippen molar-refractivity contribution >= 4 is 11.9 Å². The number of hydrogen-bond donors (Lipinski definition) is 1. The van der Waals surface area contributed by atoms with Crippen molar-refractivity contribution in [2.24, 2.45) is 5.92 Å². The molecule has 11 heteroatoms. The van der Waals surface area contributed by atoms with Crippen LogP contribution in [0.5, 0.6) is 11.5 Å². The van der Waals surface area contributed by atoms with Crippen LogP contribution in [0.2, 0.25) is 0 Å². The summed E-state index contributed by atoms with van der Waals surface area (Å²) in [7, 11) is 3.36. The van der Waals surface area contributed by atoms with Gasteiger partial charge in [-0.15, -0.1) is 0 Å². The highest BCUT2D eigenvalue weighted by molar-refractivity contribution is 5.95. The van der Waals surface area contributed by atoms with Crippen molar-refractivity contribution in [1.82, 2.24) is 0 Å². The van der Waals surface area contributed by atoms with Gasteiger partial charge >= 0.3 is 11.9 Å². The number of aliphatic carboxylic acids is 1. The molecule has 0 radical (unpaired) electrons. The Balaban J connectivity index is 3.73. The third-order valence-corrected chi connectivity index (χ3v) is 3.64. The quantitative estimate of drug-likeness (QED) is 0.209. The molecular weight excluding hydrogens is 354 g/mol. The maximum Gasteiger partial charge on any atom is 0.320 e. The number of carbonyl (C=O) groups excluding carboxylic acids is 1. The highest BCUT2D eigenvalue weighted by Gasteiger charge is 2.47. The van der Waals surface area contributed by atoms with Crippen molar-refractivity contribution in [2.45, 2.75) is 18.9 Å². The maximum atomic E-state index is 12.1. The van der Waals surface area contributed by atoms with Crippen LogP contribution in [-0.2, 0) is 24.1 Å². The SMILES string of the molecule is COOc1cccc(OOC)c1C(C(C(=O)O)C(=O)OC)C(C)[N+](=O)[O-].